The van der Waals surface area contributed by atoms with Crippen LogP contribution in [0.15, 0.2) is 24.3 Å². The van der Waals surface area contributed by atoms with E-state index in [9.17, 15) is 4.39 Å². The van der Waals surface area contributed by atoms with Gasteiger partial charge in [-0.2, -0.15) is 9.37 Å². The Bertz CT molecular complexity index is 890. The van der Waals surface area contributed by atoms with Gasteiger partial charge in [0.15, 0.2) is 0 Å². The quantitative estimate of drug-likeness (QED) is 0.639. The maximum absolute atomic E-state index is 14.6. The van der Waals surface area contributed by atoms with Gasteiger partial charge < -0.3 is 19.7 Å². The average molecular weight is 443 g/mol. The molecule has 1 aliphatic carbocycles. The highest BCUT2D eigenvalue weighted by Crippen LogP contribution is 2.30. The molecule has 4 rings (SSSR count). The molecule has 1 aromatic carbocycles. The van der Waals surface area contributed by atoms with Gasteiger partial charge in [0.1, 0.15) is 0 Å². The predicted octanol–water partition coefficient (Wildman–Crippen LogP) is 5.49. The van der Waals surface area contributed by atoms with Gasteiger partial charge in [-0.1, -0.05) is 19.8 Å². The Balaban J connectivity index is 1.40. The largest absolute Gasteiger partial charge is 0.475 e. The minimum absolute atomic E-state index is 0.0338. The van der Waals surface area contributed by atoms with Crippen molar-refractivity contribution in [3.8, 4) is 5.88 Å². The standard InChI is InChI=1S/C25H35FN4O2/c1-16-5-7-20(8-6-16)15-31-24-23(26)19(4)27-25(29-24)28-21-9-11-22(12-10-21)30-13-17(2)32-18(3)14-30/h9-12,16-18,20H,5-8,13-15H2,1-4H3,(H,27,28,29)/t16?,17-,18+,20?. The van der Waals surface area contributed by atoms with E-state index in [1.54, 1.807) is 6.92 Å². The first-order chi connectivity index (χ1) is 15.4. The van der Waals surface area contributed by atoms with Crippen molar-refractivity contribution in [2.75, 3.05) is 29.9 Å². The highest BCUT2D eigenvalue weighted by atomic mass is 19.1. The summed E-state index contributed by atoms with van der Waals surface area (Å²) in [5.41, 5.74) is 2.28. The van der Waals surface area contributed by atoms with Gasteiger partial charge in [0.25, 0.3) is 5.88 Å². The molecule has 0 radical (unpaired) electrons. The lowest BCUT2D eigenvalue weighted by Crippen LogP contribution is -2.45. The Labute approximate surface area is 190 Å². The second-order valence-electron chi connectivity index (χ2n) is 9.52. The topological polar surface area (TPSA) is 59.5 Å². The molecule has 0 amide bonds. The summed E-state index contributed by atoms with van der Waals surface area (Å²) >= 11 is 0. The van der Waals surface area contributed by atoms with Crippen LogP contribution in [0.4, 0.5) is 21.7 Å². The first kappa shape index (κ1) is 22.8. The fourth-order valence-corrected chi connectivity index (χ4v) is 4.65. The Morgan fingerprint density at radius 1 is 1.03 bits per heavy atom. The van der Waals surface area contributed by atoms with Crippen LogP contribution in [0.5, 0.6) is 5.88 Å². The molecule has 6 nitrogen and oxygen atoms in total. The van der Waals surface area contributed by atoms with E-state index in [4.69, 9.17) is 9.47 Å². The number of benzene rings is 1. The summed E-state index contributed by atoms with van der Waals surface area (Å²) in [7, 11) is 0. The summed E-state index contributed by atoms with van der Waals surface area (Å²) in [4.78, 5) is 10.9. The molecule has 32 heavy (non-hydrogen) atoms. The van der Waals surface area contributed by atoms with E-state index in [0.29, 0.717) is 18.5 Å². The monoisotopic (exact) mass is 442 g/mol. The maximum atomic E-state index is 14.6. The van der Waals surface area contributed by atoms with Crippen LogP contribution in [0.3, 0.4) is 0 Å². The van der Waals surface area contributed by atoms with E-state index in [1.807, 2.05) is 12.1 Å². The number of morpholine rings is 1. The predicted molar refractivity (Wildman–Crippen MR) is 125 cm³/mol. The third-order valence-corrected chi connectivity index (χ3v) is 6.49. The summed E-state index contributed by atoms with van der Waals surface area (Å²) in [5, 5.41) is 3.19. The maximum Gasteiger partial charge on any atom is 0.255 e. The zero-order chi connectivity index (χ0) is 22.7. The lowest BCUT2D eigenvalue weighted by atomic mass is 9.83. The third kappa shape index (κ3) is 5.68. The van der Waals surface area contributed by atoms with Gasteiger partial charge in [-0.25, -0.2) is 4.98 Å². The molecule has 174 valence electrons. The van der Waals surface area contributed by atoms with Crippen molar-refractivity contribution in [1.29, 1.82) is 0 Å². The Morgan fingerprint density at radius 3 is 2.34 bits per heavy atom. The van der Waals surface area contributed by atoms with Gasteiger partial charge in [0.05, 0.1) is 24.5 Å². The lowest BCUT2D eigenvalue weighted by Gasteiger charge is -2.36. The number of nitrogens with zero attached hydrogens (tertiary/aromatic N) is 3. The van der Waals surface area contributed by atoms with E-state index < -0.39 is 5.82 Å². The van der Waals surface area contributed by atoms with E-state index >= 15 is 0 Å². The smallest absolute Gasteiger partial charge is 0.255 e. The van der Waals surface area contributed by atoms with Gasteiger partial charge in [0, 0.05) is 24.5 Å². The van der Waals surface area contributed by atoms with Crippen molar-refractivity contribution in [3.63, 3.8) is 0 Å². The summed E-state index contributed by atoms with van der Waals surface area (Å²) < 4.78 is 26.2. The van der Waals surface area contributed by atoms with Crippen LogP contribution in [0.2, 0.25) is 0 Å². The minimum Gasteiger partial charge on any atom is -0.475 e. The molecule has 1 aromatic heterocycles. The van der Waals surface area contributed by atoms with E-state index in [0.717, 1.165) is 43.2 Å². The summed E-state index contributed by atoms with van der Waals surface area (Å²) in [6, 6.07) is 8.13. The van der Waals surface area contributed by atoms with Gasteiger partial charge in [-0.3, -0.25) is 0 Å². The number of aromatic nitrogens is 2. The van der Waals surface area contributed by atoms with Gasteiger partial charge in [-0.05, 0) is 69.7 Å². The second-order valence-corrected chi connectivity index (χ2v) is 9.52. The zero-order valence-electron chi connectivity index (χ0n) is 19.6. The van der Waals surface area contributed by atoms with Crippen LogP contribution in [0.1, 0.15) is 52.1 Å². The molecule has 0 spiro atoms. The first-order valence-corrected chi connectivity index (χ1v) is 11.8. The van der Waals surface area contributed by atoms with Crippen molar-refractivity contribution >= 4 is 17.3 Å². The van der Waals surface area contributed by atoms with Crippen LogP contribution < -0.4 is 15.0 Å². The van der Waals surface area contributed by atoms with Crippen molar-refractivity contribution in [3.05, 3.63) is 35.8 Å². The van der Waals surface area contributed by atoms with Gasteiger partial charge in [-0.15, -0.1) is 0 Å². The van der Waals surface area contributed by atoms with Crippen LogP contribution in [0.25, 0.3) is 0 Å². The molecule has 2 aromatic rings. The molecule has 1 aliphatic heterocycles. The molecular formula is C25H35FN4O2. The number of anilines is 3. The fraction of sp³-hybridized carbons (Fsp3) is 0.600. The van der Waals surface area contributed by atoms with Crippen molar-refractivity contribution in [2.45, 2.75) is 65.6 Å². The molecule has 2 aliphatic rings. The molecule has 7 heteroatoms. The highest BCUT2D eigenvalue weighted by molar-refractivity contribution is 5.59. The molecular weight excluding hydrogens is 407 g/mol. The van der Waals surface area contributed by atoms with E-state index in [1.165, 1.54) is 12.8 Å². The van der Waals surface area contributed by atoms with Crippen molar-refractivity contribution in [2.24, 2.45) is 11.8 Å². The summed E-state index contributed by atoms with van der Waals surface area (Å²) in [6.07, 6.45) is 5.11. The van der Waals surface area contributed by atoms with Crippen molar-refractivity contribution in [1.82, 2.24) is 9.97 Å². The molecule has 0 unspecified atom stereocenters. The third-order valence-electron chi connectivity index (χ3n) is 6.49. The number of aryl methyl sites for hydroxylation is 1. The molecule has 2 heterocycles. The molecule has 1 saturated heterocycles. The number of rotatable bonds is 6. The van der Waals surface area contributed by atoms with E-state index in [-0.39, 0.29) is 23.8 Å². The van der Waals surface area contributed by atoms with Crippen LogP contribution in [0, 0.1) is 24.6 Å². The summed E-state index contributed by atoms with van der Waals surface area (Å²) in [5.74, 6) is 1.15. The van der Waals surface area contributed by atoms with E-state index in [2.05, 4.69) is 53.1 Å². The summed E-state index contributed by atoms with van der Waals surface area (Å²) in [6.45, 7) is 10.4. The van der Waals surface area contributed by atoms with Gasteiger partial charge in [0.2, 0.25) is 11.8 Å². The van der Waals surface area contributed by atoms with Crippen molar-refractivity contribution < 1.29 is 13.9 Å². The van der Waals surface area contributed by atoms with Crippen LogP contribution >= 0.6 is 0 Å². The van der Waals surface area contributed by atoms with Gasteiger partial charge >= 0.3 is 0 Å². The van der Waals surface area contributed by atoms with Crippen LogP contribution in [-0.4, -0.2) is 41.9 Å². The minimum atomic E-state index is -0.481. The number of hydrogen-bond donors (Lipinski definition) is 1. The fourth-order valence-electron chi connectivity index (χ4n) is 4.65. The molecule has 0 bridgehead atoms. The molecule has 2 fully saturated rings. The molecule has 1 N–H and O–H groups in total. The Kier molecular flexibility index (Phi) is 7.13. The molecule has 2 atom stereocenters. The Hall–Kier alpha value is -2.41. The SMILES string of the molecule is Cc1nc(Nc2ccc(N3C[C@@H](C)O[C@@H](C)C3)cc2)nc(OCC2CCC(C)CC2)c1F. The molecule has 1 saturated carbocycles. The number of hydrogen-bond acceptors (Lipinski definition) is 6. The first-order valence-electron chi connectivity index (χ1n) is 11.8. The zero-order valence-corrected chi connectivity index (χ0v) is 19.6. The normalized spacial score (nSPS) is 26.1. The highest BCUT2D eigenvalue weighted by Gasteiger charge is 2.23. The number of nitrogens with one attached hydrogen (secondary N) is 1. The Morgan fingerprint density at radius 2 is 1.69 bits per heavy atom. The average Bonchev–Trinajstić information content (AvgIpc) is 2.76. The lowest BCUT2D eigenvalue weighted by molar-refractivity contribution is -0.00521. The van der Waals surface area contributed by atoms with Crippen LogP contribution in [-0.2, 0) is 4.74 Å². The second kappa shape index (κ2) is 10.0. The number of ether oxygens (including phenoxy) is 2. The number of halogens is 1.